The number of aryl methyl sites for hydroxylation is 1. The average Bonchev–Trinajstić information content (AvgIpc) is 2.69. The maximum Gasteiger partial charge on any atom is 0.359 e. The standard InChI is InChI=1S/C19H15ClN2O5/c1-22-18(23)13-5-3-2-4-12(13)16(21-22)19(24)27-10-11-8-14(20)17-15(9-11)25-6-7-26-17/h2-5,8-9H,6-7,10H2,1H3. The summed E-state index contributed by atoms with van der Waals surface area (Å²) in [6.45, 7) is 0.848. The molecule has 0 bridgehead atoms. The van der Waals surface area contributed by atoms with Crippen molar-refractivity contribution < 1.29 is 19.0 Å². The van der Waals surface area contributed by atoms with Crippen LogP contribution in [0.5, 0.6) is 11.5 Å². The Kier molecular flexibility index (Phi) is 4.45. The van der Waals surface area contributed by atoms with Gasteiger partial charge in [0, 0.05) is 12.4 Å². The van der Waals surface area contributed by atoms with Crippen LogP contribution < -0.4 is 15.0 Å². The molecule has 2 aromatic carbocycles. The van der Waals surface area contributed by atoms with Gasteiger partial charge in [-0.3, -0.25) is 4.79 Å². The Morgan fingerprint density at radius 3 is 2.78 bits per heavy atom. The number of carbonyl (C=O) groups excluding carboxylic acids is 1. The van der Waals surface area contributed by atoms with E-state index >= 15 is 0 Å². The number of halogens is 1. The maximum atomic E-state index is 12.6. The molecular weight excluding hydrogens is 372 g/mol. The lowest BCUT2D eigenvalue weighted by molar-refractivity contribution is 0.0465. The second kappa shape index (κ2) is 6.92. The summed E-state index contributed by atoms with van der Waals surface area (Å²) in [6.07, 6.45) is 0. The van der Waals surface area contributed by atoms with Gasteiger partial charge in [0.05, 0.1) is 10.4 Å². The van der Waals surface area contributed by atoms with Crippen LogP contribution in [0.2, 0.25) is 5.02 Å². The summed E-state index contributed by atoms with van der Waals surface area (Å²) in [6, 6.07) is 10.2. The van der Waals surface area contributed by atoms with Crippen LogP contribution in [0.25, 0.3) is 10.8 Å². The first kappa shape index (κ1) is 17.4. The molecule has 0 spiro atoms. The van der Waals surface area contributed by atoms with Gasteiger partial charge in [-0.1, -0.05) is 29.8 Å². The zero-order valence-electron chi connectivity index (χ0n) is 14.4. The second-order valence-electron chi connectivity index (χ2n) is 6.00. The average molecular weight is 387 g/mol. The SMILES string of the molecule is Cn1nc(C(=O)OCc2cc(Cl)c3c(c2)OCCO3)c2ccccc2c1=O. The molecule has 138 valence electrons. The third-order valence-electron chi connectivity index (χ3n) is 4.18. The number of benzene rings is 2. The summed E-state index contributed by atoms with van der Waals surface area (Å²) in [5.41, 5.74) is 0.462. The molecule has 2 heterocycles. The molecule has 0 amide bonds. The van der Waals surface area contributed by atoms with Crippen LogP contribution in [-0.2, 0) is 18.4 Å². The van der Waals surface area contributed by atoms with Crippen molar-refractivity contribution in [2.75, 3.05) is 13.2 Å². The van der Waals surface area contributed by atoms with E-state index in [1.165, 1.54) is 7.05 Å². The molecule has 1 aliphatic heterocycles. The number of carbonyl (C=O) groups is 1. The summed E-state index contributed by atoms with van der Waals surface area (Å²) in [4.78, 5) is 24.7. The third-order valence-corrected chi connectivity index (χ3v) is 4.46. The van der Waals surface area contributed by atoms with Crippen molar-refractivity contribution in [2.45, 2.75) is 6.61 Å². The Bertz CT molecular complexity index is 1110. The first-order valence-corrected chi connectivity index (χ1v) is 8.63. The largest absolute Gasteiger partial charge is 0.486 e. The molecule has 7 nitrogen and oxygen atoms in total. The topological polar surface area (TPSA) is 79.7 Å². The van der Waals surface area contributed by atoms with Crippen LogP contribution in [-0.4, -0.2) is 29.0 Å². The van der Waals surface area contributed by atoms with Crippen molar-refractivity contribution in [3.8, 4) is 11.5 Å². The maximum absolute atomic E-state index is 12.6. The van der Waals surface area contributed by atoms with E-state index in [2.05, 4.69) is 5.10 Å². The number of hydrogen-bond donors (Lipinski definition) is 0. The van der Waals surface area contributed by atoms with E-state index in [-0.39, 0.29) is 17.9 Å². The van der Waals surface area contributed by atoms with Crippen molar-refractivity contribution in [1.82, 2.24) is 9.78 Å². The number of nitrogens with zero attached hydrogens (tertiary/aromatic N) is 2. The highest BCUT2D eigenvalue weighted by molar-refractivity contribution is 6.32. The molecule has 0 aliphatic carbocycles. The second-order valence-corrected chi connectivity index (χ2v) is 6.41. The van der Waals surface area contributed by atoms with E-state index in [4.69, 9.17) is 25.8 Å². The Morgan fingerprint density at radius 1 is 1.22 bits per heavy atom. The Balaban J connectivity index is 1.61. The molecule has 0 N–H and O–H groups in total. The number of esters is 1. The number of rotatable bonds is 3. The molecule has 0 unspecified atom stereocenters. The fourth-order valence-electron chi connectivity index (χ4n) is 2.92. The molecule has 3 aromatic rings. The zero-order chi connectivity index (χ0) is 19.0. The van der Waals surface area contributed by atoms with E-state index in [0.29, 0.717) is 46.1 Å². The molecule has 4 rings (SSSR count). The highest BCUT2D eigenvalue weighted by Gasteiger charge is 2.19. The number of ether oxygens (including phenoxy) is 3. The van der Waals surface area contributed by atoms with Crippen molar-refractivity contribution in [2.24, 2.45) is 7.05 Å². The lowest BCUT2D eigenvalue weighted by atomic mass is 10.1. The van der Waals surface area contributed by atoms with Gasteiger partial charge in [0.15, 0.2) is 17.2 Å². The fourth-order valence-corrected chi connectivity index (χ4v) is 3.20. The molecule has 1 aliphatic rings. The smallest absolute Gasteiger partial charge is 0.359 e. The van der Waals surface area contributed by atoms with Gasteiger partial charge in [-0.15, -0.1) is 0 Å². The molecule has 8 heteroatoms. The number of aromatic nitrogens is 2. The predicted molar refractivity (Wildman–Crippen MR) is 98.5 cm³/mol. The summed E-state index contributed by atoms with van der Waals surface area (Å²) < 4.78 is 17.5. The minimum Gasteiger partial charge on any atom is -0.486 e. The minimum absolute atomic E-state index is 0.0198. The Morgan fingerprint density at radius 2 is 1.96 bits per heavy atom. The first-order valence-electron chi connectivity index (χ1n) is 8.26. The van der Waals surface area contributed by atoms with Crippen LogP contribution in [0.15, 0.2) is 41.2 Å². The van der Waals surface area contributed by atoms with Crippen LogP contribution >= 0.6 is 11.6 Å². The van der Waals surface area contributed by atoms with E-state index in [9.17, 15) is 9.59 Å². The van der Waals surface area contributed by atoms with Gasteiger partial charge >= 0.3 is 5.97 Å². The molecule has 0 fully saturated rings. The highest BCUT2D eigenvalue weighted by atomic mass is 35.5. The third kappa shape index (κ3) is 3.21. The first-order chi connectivity index (χ1) is 13.0. The van der Waals surface area contributed by atoms with E-state index in [0.717, 1.165) is 4.68 Å². The van der Waals surface area contributed by atoms with Crippen LogP contribution in [0.1, 0.15) is 16.1 Å². The quantitative estimate of drug-likeness (QED) is 0.644. The van der Waals surface area contributed by atoms with Crippen molar-refractivity contribution in [3.05, 3.63) is 63.0 Å². The van der Waals surface area contributed by atoms with E-state index in [1.807, 2.05) is 0 Å². The molecule has 27 heavy (non-hydrogen) atoms. The molecule has 0 radical (unpaired) electrons. The lowest BCUT2D eigenvalue weighted by Crippen LogP contribution is -2.23. The van der Waals surface area contributed by atoms with Crippen molar-refractivity contribution in [1.29, 1.82) is 0 Å². The van der Waals surface area contributed by atoms with Gasteiger partial charge in [0.1, 0.15) is 19.8 Å². The van der Waals surface area contributed by atoms with Gasteiger partial charge in [-0.2, -0.15) is 5.10 Å². The number of fused-ring (bicyclic) bond motifs is 2. The predicted octanol–water partition coefficient (Wildman–Crippen LogP) is 2.72. The van der Waals surface area contributed by atoms with Gasteiger partial charge in [0.25, 0.3) is 5.56 Å². The summed E-state index contributed by atoms with van der Waals surface area (Å²) in [7, 11) is 1.49. The van der Waals surface area contributed by atoms with Crippen molar-refractivity contribution in [3.63, 3.8) is 0 Å². The molecule has 0 atom stereocenters. The van der Waals surface area contributed by atoms with Crippen LogP contribution in [0, 0.1) is 0 Å². The van der Waals surface area contributed by atoms with Gasteiger partial charge in [0.2, 0.25) is 0 Å². The van der Waals surface area contributed by atoms with Gasteiger partial charge in [-0.25, -0.2) is 9.48 Å². The van der Waals surface area contributed by atoms with E-state index < -0.39 is 5.97 Å². The molecule has 0 saturated heterocycles. The van der Waals surface area contributed by atoms with Crippen LogP contribution in [0.3, 0.4) is 0 Å². The van der Waals surface area contributed by atoms with Gasteiger partial charge < -0.3 is 14.2 Å². The van der Waals surface area contributed by atoms with Gasteiger partial charge in [-0.05, 0) is 23.8 Å². The monoisotopic (exact) mass is 386 g/mol. The molecule has 1 aromatic heterocycles. The summed E-state index contributed by atoms with van der Waals surface area (Å²) in [5.74, 6) is 0.377. The van der Waals surface area contributed by atoms with Crippen molar-refractivity contribution >= 4 is 28.3 Å². The Hall–Kier alpha value is -3.06. The molecule has 0 saturated carbocycles. The zero-order valence-corrected chi connectivity index (χ0v) is 15.2. The lowest BCUT2D eigenvalue weighted by Gasteiger charge is -2.20. The highest BCUT2D eigenvalue weighted by Crippen LogP contribution is 2.38. The summed E-state index contributed by atoms with van der Waals surface area (Å²) in [5, 5.41) is 5.31. The molecular formula is C19H15ClN2O5. The van der Waals surface area contributed by atoms with Crippen LogP contribution in [0.4, 0.5) is 0 Å². The Labute approximate surface area is 159 Å². The number of hydrogen-bond acceptors (Lipinski definition) is 6. The normalized spacial score (nSPS) is 12.8. The summed E-state index contributed by atoms with van der Waals surface area (Å²) >= 11 is 6.20. The minimum atomic E-state index is -0.632. The fraction of sp³-hybridized carbons (Fsp3) is 0.211. The van der Waals surface area contributed by atoms with E-state index in [1.54, 1.807) is 36.4 Å².